The topological polar surface area (TPSA) is 39.1 Å². The van der Waals surface area contributed by atoms with Crippen molar-refractivity contribution in [3.05, 3.63) is 11.8 Å². The van der Waals surface area contributed by atoms with Gasteiger partial charge in [0.25, 0.3) is 0 Å². The monoisotopic (exact) mass is 263 g/mol. The lowest BCUT2D eigenvalue weighted by atomic mass is 9.92. The van der Waals surface area contributed by atoms with E-state index in [4.69, 9.17) is 9.84 Å². The third-order valence-corrected chi connectivity index (χ3v) is 4.26. The highest BCUT2D eigenvalue weighted by Crippen LogP contribution is 2.36. The predicted molar refractivity (Wildman–Crippen MR) is 76.6 cm³/mol. The van der Waals surface area contributed by atoms with Crippen molar-refractivity contribution in [3.8, 4) is 0 Å². The quantitative estimate of drug-likeness (QED) is 0.846. The van der Waals surface area contributed by atoms with Gasteiger partial charge in [0, 0.05) is 18.0 Å². The zero-order valence-corrected chi connectivity index (χ0v) is 12.4. The molecule has 3 rings (SSSR count). The van der Waals surface area contributed by atoms with Gasteiger partial charge >= 0.3 is 0 Å². The van der Waals surface area contributed by atoms with Crippen LogP contribution in [-0.4, -0.2) is 28.5 Å². The highest BCUT2D eigenvalue weighted by Gasteiger charge is 2.35. The zero-order chi connectivity index (χ0) is 13.6. The first-order valence-corrected chi connectivity index (χ1v) is 7.44. The molecule has 106 valence electrons. The number of anilines is 1. The fourth-order valence-electron chi connectivity index (χ4n) is 3.08. The first-order valence-electron chi connectivity index (χ1n) is 7.44. The number of aromatic nitrogens is 2. The van der Waals surface area contributed by atoms with E-state index in [-0.39, 0.29) is 5.41 Å². The summed E-state index contributed by atoms with van der Waals surface area (Å²) in [5, 5.41) is 8.31. The van der Waals surface area contributed by atoms with Crippen LogP contribution in [0.25, 0.3) is 0 Å². The molecule has 3 heterocycles. The molecular formula is C15H25N3O. The molecule has 1 N–H and O–H groups in total. The van der Waals surface area contributed by atoms with Crippen LogP contribution in [0.4, 0.5) is 5.82 Å². The number of nitrogens with one attached hydrogen (secondary N) is 1. The van der Waals surface area contributed by atoms with Crippen LogP contribution in [0.1, 0.15) is 58.7 Å². The summed E-state index contributed by atoms with van der Waals surface area (Å²) < 4.78 is 8.24. The summed E-state index contributed by atoms with van der Waals surface area (Å²) in [7, 11) is 0. The number of rotatable bonds is 1. The van der Waals surface area contributed by atoms with Gasteiger partial charge < -0.3 is 10.1 Å². The van der Waals surface area contributed by atoms with Crippen LogP contribution >= 0.6 is 0 Å². The first kappa shape index (κ1) is 13.0. The zero-order valence-electron chi connectivity index (χ0n) is 12.4. The van der Waals surface area contributed by atoms with Crippen molar-refractivity contribution in [3.63, 3.8) is 0 Å². The molecule has 2 aliphatic rings. The van der Waals surface area contributed by atoms with E-state index in [1.54, 1.807) is 0 Å². The Morgan fingerprint density at radius 2 is 2.11 bits per heavy atom. The molecule has 0 amide bonds. The fourth-order valence-corrected chi connectivity index (χ4v) is 3.08. The fraction of sp³-hybridized carbons (Fsp3) is 0.800. The summed E-state index contributed by atoms with van der Waals surface area (Å²) >= 11 is 0. The van der Waals surface area contributed by atoms with E-state index in [0.717, 1.165) is 30.9 Å². The van der Waals surface area contributed by atoms with Crippen molar-refractivity contribution in [2.24, 2.45) is 0 Å². The standard InChI is InChI=1S/C15H25N3O/c1-10-5-6-12(19-10)11-7-8-16-14-9-13(15(2,3)4)17-18(11)14/h9-12,16H,5-8H2,1-4H3. The van der Waals surface area contributed by atoms with E-state index in [0.29, 0.717) is 18.2 Å². The number of hydrogen-bond acceptors (Lipinski definition) is 3. The molecule has 2 aliphatic heterocycles. The van der Waals surface area contributed by atoms with Gasteiger partial charge in [-0.05, 0) is 26.2 Å². The van der Waals surface area contributed by atoms with E-state index in [1.165, 1.54) is 6.42 Å². The maximum atomic E-state index is 6.06. The van der Waals surface area contributed by atoms with Gasteiger partial charge in [-0.3, -0.25) is 0 Å². The van der Waals surface area contributed by atoms with Crippen molar-refractivity contribution < 1.29 is 4.74 Å². The number of hydrogen-bond donors (Lipinski definition) is 1. The third-order valence-electron chi connectivity index (χ3n) is 4.26. The summed E-state index contributed by atoms with van der Waals surface area (Å²) in [6, 6.07) is 2.60. The lowest BCUT2D eigenvalue weighted by Gasteiger charge is -2.30. The molecule has 0 aliphatic carbocycles. The summed E-state index contributed by atoms with van der Waals surface area (Å²) in [6.45, 7) is 9.83. The lowest BCUT2D eigenvalue weighted by molar-refractivity contribution is 0.0171. The molecule has 4 heteroatoms. The van der Waals surface area contributed by atoms with Crippen molar-refractivity contribution in [1.82, 2.24) is 9.78 Å². The molecule has 1 aromatic rings. The normalized spacial score (nSPS) is 31.1. The molecule has 0 radical (unpaired) electrons. The van der Waals surface area contributed by atoms with Crippen molar-refractivity contribution >= 4 is 5.82 Å². The molecule has 1 fully saturated rings. The Kier molecular flexibility index (Phi) is 3.08. The third kappa shape index (κ3) is 2.38. The second-order valence-electron chi connectivity index (χ2n) is 6.95. The second kappa shape index (κ2) is 4.51. The number of ether oxygens (including phenoxy) is 1. The Morgan fingerprint density at radius 3 is 2.74 bits per heavy atom. The average molecular weight is 263 g/mol. The Labute approximate surface area is 115 Å². The van der Waals surface area contributed by atoms with Crippen LogP contribution in [0.15, 0.2) is 6.07 Å². The molecule has 3 atom stereocenters. The van der Waals surface area contributed by atoms with Crippen molar-refractivity contribution in [2.45, 2.75) is 70.6 Å². The highest BCUT2D eigenvalue weighted by atomic mass is 16.5. The molecule has 0 spiro atoms. The smallest absolute Gasteiger partial charge is 0.124 e. The molecule has 19 heavy (non-hydrogen) atoms. The SMILES string of the molecule is CC1CCC(C2CCNc3cc(C(C)(C)C)nn32)O1. The van der Waals surface area contributed by atoms with E-state index in [9.17, 15) is 0 Å². The van der Waals surface area contributed by atoms with Crippen LogP contribution in [0.3, 0.4) is 0 Å². The van der Waals surface area contributed by atoms with Crippen LogP contribution in [0.5, 0.6) is 0 Å². The highest BCUT2D eigenvalue weighted by molar-refractivity contribution is 5.41. The molecule has 1 aromatic heterocycles. The Morgan fingerprint density at radius 1 is 1.32 bits per heavy atom. The molecule has 1 saturated heterocycles. The van der Waals surface area contributed by atoms with Crippen LogP contribution in [0, 0.1) is 0 Å². The number of fused-ring (bicyclic) bond motifs is 1. The minimum absolute atomic E-state index is 0.0976. The Hall–Kier alpha value is -1.03. The predicted octanol–water partition coefficient (Wildman–Crippen LogP) is 3.10. The van der Waals surface area contributed by atoms with E-state index in [2.05, 4.69) is 43.8 Å². The average Bonchev–Trinajstić information content (AvgIpc) is 2.93. The van der Waals surface area contributed by atoms with Gasteiger partial charge in [-0.2, -0.15) is 5.10 Å². The van der Waals surface area contributed by atoms with Crippen molar-refractivity contribution in [1.29, 1.82) is 0 Å². The van der Waals surface area contributed by atoms with Gasteiger partial charge in [-0.25, -0.2) is 4.68 Å². The summed E-state index contributed by atoms with van der Waals surface area (Å²) in [5.74, 6) is 1.16. The minimum Gasteiger partial charge on any atom is -0.373 e. The minimum atomic E-state index is 0.0976. The Bertz CT molecular complexity index is 460. The maximum Gasteiger partial charge on any atom is 0.124 e. The van der Waals surface area contributed by atoms with Crippen LogP contribution in [-0.2, 0) is 10.2 Å². The van der Waals surface area contributed by atoms with Gasteiger partial charge in [-0.1, -0.05) is 20.8 Å². The van der Waals surface area contributed by atoms with E-state index >= 15 is 0 Å². The molecule has 0 aromatic carbocycles. The second-order valence-corrected chi connectivity index (χ2v) is 6.95. The molecular weight excluding hydrogens is 238 g/mol. The van der Waals surface area contributed by atoms with Gasteiger partial charge in [0.1, 0.15) is 5.82 Å². The molecule has 0 saturated carbocycles. The van der Waals surface area contributed by atoms with E-state index < -0.39 is 0 Å². The van der Waals surface area contributed by atoms with Gasteiger partial charge in [-0.15, -0.1) is 0 Å². The lowest BCUT2D eigenvalue weighted by Crippen LogP contribution is -2.32. The van der Waals surface area contributed by atoms with Crippen molar-refractivity contribution in [2.75, 3.05) is 11.9 Å². The summed E-state index contributed by atoms with van der Waals surface area (Å²) in [6.07, 6.45) is 4.19. The van der Waals surface area contributed by atoms with Crippen LogP contribution in [0.2, 0.25) is 0 Å². The Balaban J connectivity index is 1.89. The largest absolute Gasteiger partial charge is 0.373 e. The molecule has 0 bridgehead atoms. The summed E-state index contributed by atoms with van der Waals surface area (Å²) in [5.41, 5.74) is 1.26. The van der Waals surface area contributed by atoms with Gasteiger partial charge in [0.15, 0.2) is 0 Å². The maximum absolute atomic E-state index is 6.06. The van der Waals surface area contributed by atoms with Gasteiger partial charge in [0.05, 0.1) is 23.9 Å². The molecule has 4 nitrogen and oxygen atoms in total. The molecule has 3 unspecified atom stereocenters. The van der Waals surface area contributed by atoms with E-state index in [1.807, 2.05) is 0 Å². The van der Waals surface area contributed by atoms with Crippen LogP contribution < -0.4 is 5.32 Å². The number of nitrogens with zero attached hydrogens (tertiary/aromatic N) is 2. The summed E-state index contributed by atoms with van der Waals surface area (Å²) in [4.78, 5) is 0. The van der Waals surface area contributed by atoms with Gasteiger partial charge in [0.2, 0.25) is 0 Å². The first-order chi connectivity index (χ1) is 8.95.